The van der Waals surface area contributed by atoms with Crippen LogP contribution in [0.2, 0.25) is 0 Å². The van der Waals surface area contributed by atoms with E-state index >= 15 is 17.7 Å². The minimum Gasteiger partial charge on any atom is -0.478 e. The van der Waals surface area contributed by atoms with Gasteiger partial charge in [-0.1, -0.05) is 36.4 Å². The second kappa shape index (κ2) is 13.0. The van der Waals surface area contributed by atoms with Gasteiger partial charge in [-0.2, -0.15) is 10.5 Å². The third-order valence-corrected chi connectivity index (χ3v) is 12.7. The van der Waals surface area contributed by atoms with Crippen molar-refractivity contribution in [1.29, 1.82) is 10.5 Å². The van der Waals surface area contributed by atoms with Gasteiger partial charge in [0.25, 0.3) is 5.60 Å². The van der Waals surface area contributed by atoms with Gasteiger partial charge < -0.3 is 24.0 Å². The fraction of sp³-hybridized carbons (Fsp3) is 0.243. The minimum atomic E-state index is -4.03. The number of nitrogens with zero attached hydrogens (tertiary/aromatic N) is 4. The maximum absolute atomic E-state index is 17.3. The van der Waals surface area contributed by atoms with E-state index in [0.29, 0.717) is 16.7 Å². The van der Waals surface area contributed by atoms with Crippen molar-refractivity contribution in [3.05, 3.63) is 117 Å². The molecule has 4 aliphatic rings. The highest BCUT2D eigenvalue weighted by atomic mass is 31.2. The van der Waals surface area contributed by atoms with Gasteiger partial charge in [0.1, 0.15) is 36.5 Å². The van der Waals surface area contributed by atoms with Crippen LogP contribution in [-0.4, -0.2) is 73.8 Å². The topological polar surface area (TPSA) is 127 Å². The average molecular weight is 734 g/mol. The average Bonchev–Trinajstić information content (AvgIpc) is 3.12. The van der Waals surface area contributed by atoms with E-state index in [1.165, 1.54) is 48.6 Å². The molecule has 1 atom stereocenters. The fourth-order valence-electron chi connectivity index (χ4n) is 6.93. The Kier molecular flexibility index (Phi) is 8.74. The number of nitriles is 2. The summed E-state index contributed by atoms with van der Waals surface area (Å²) < 4.78 is 105. The van der Waals surface area contributed by atoms with Crippen LogP contribution in [0.4, 0.5) is 27.6 Å². The zero-order valence-electron chi connectivity index (χ0n) is 27.2. The van der Waals surface area contributed by atoms with Crippen LogP contribution in [0.3, 0.4) is 0 Å². The predicted octanol–water partition coefficient (Wildman–Crippen LogP) is 5.21. The highest BCUT2D eigenvalue weighted by Gasteiger charge is 2.49. The number of carboxylic acids is 1. The van der Waals surface area contributed by atoms with E-state index in [1.54, 1.807) is 39.8 Å². The summed E-state index contributed by atoms with van der Waals surface area (Å²) in [6.45, 7) is -0.719. The summed E-state index contributed by atoms with van der Waals surface area (Å²) in [5.41, 5.74) is -6.68. The van der Waals surface area contributed by atoms with E-state index in [4.69, 9.17) is 9.47 Å². The number of hydrogen-bond acceptors (Lipinski definition) is 7. The lowest BCUT2D eigenvalue weighted by Gasteiger charge is -2.39. The molecule has 3 heterocycles. The largest absolute Gasteiger partial charge is 0.478 e. The standard InChI is InChI=1S/C37H26F5N4O5P/c1-50-19-51-37(17-43,18-44)32-33(40)30(31(36(47)48)34(41)35(32)42)29-25-9-7-22(45-13-20(38)14-45)11-27(25)52(49,24-5-3-2-4-6-24)28-12-23(8-10-26(28)29)46-15-21(39)16-46/h2-12,20-21H,13-16,19H2,1H3/p+1. The summed E-state index contributed by atoms with van der Waals surface area (Å²) in [5.74, 6) is -8.11. The number of carbonyl (C=O) groups is 1. The molecule has 0 spiro atoms. The summed E-state index contributed by atoms with van der Waals surface area (Å²) >= 11 is 0. The van der Waals surface area contributed by atoms with Crippen LogP contribution in [0.25, 0.3) is 5.57 Å². The van der Waals surface area contributed by atoms with Crippen molar-refractivity contribution in [3.63, 3.8) is 0 Å². The number of alkyl halides is 2. The highest BCUT2D eigenvalue weighted by Crippen LogP contribution is 2.62. The molecule has 52 heavy (non-hydrogen) atoms. The molecule has 0 aromatic heterocycles. The van der Waals surface area contributed by atoms with Gasteiger partial charge in [0.15, 0.2) is 31.9 Å². The first-order chi connectivity index (χ1) is 24.9. The molecule has 1 aliphatic carbocycles. The zero-order valence-corrected chi connectivity index (χ0v) is 28.1. The lowest BCUT2D eigenvalue weighted by Crippen LogP contribution is -2.48. The summed E-state index contributed by atoms with van der Waals surface area (Å²) in [7, 11) is -2.93. The van der Waals surface area contributed by atoms with E-state index < -0.39 is 72.0 Å². The lowest BCUT2D eigenvalue weighted by atomic mass is 9.83. The molecule has 3 aromatic rings. The number of anilines is 1. The third kappa shape index (κ3) is 5.21. The number of aromatic carboxylic acids is 1. The maximum Gasteiger partial charge on any atom is 0.339 e. The zero-order chi connectivity index (χ0) is 37.1. The van der Waals surface area contributed by atoms with E-state index in [9.17, 15) is 29.2 Å². The first-order valence-electron chi connectivity index (χ1n) is 15.9. The number of hydrogen-bond donors (Lipinski definition) is 1. The predicted molar refractivity (Wildman–Crippen MR) is 179 cm³/mol. The number of ether oxygens (including phenoxy) is 2. The van der Waals surface area contributed by atoms with E-state index in [0.717, 1.165) is 7.11 Å². The number of allylic oxidation sites excluding steroid dienone is 5. The van der Waals surface area contributed by atoms with Gasteiger partial charge in [-0.05, 0) is 29.3 Å². The van der Waals surface area contributed by atoms with Crippen LogP contribution in [-0.2, 0) is 19.6 Å². The monoisotopic (exact) mass is 733 g/mol. The second-order valence-electron chi connectivity index (χ2n) is 12.6. The van der Waals surface area contributed by atoms with Crippen molar-refractivity contribution in [1.82, 2.24) is 0 Å². The van der Waals surface area contributed by atoms with E-state index in [1.807, 2.05) is 0 Å². The van der Waals surface area contributed by atoms with Crippen molar-refractivity contribution >= 4 is 40.7 Å². The quantitative estimate of drug-likeness (QED) is 0.110. The molecule has 0 bridgehead atoms. The molecule has 0 saturated carbocycles. The number of rotatable bonds is 8. The molecular weight excluding hydrogens is 706 g/mol. The molecule has 2 saturated heterocycles. The Morgan fingerprint density at radius 3 is 2.31 bits per heavy atom. The summed E-state index contributed by atoms with van der Waals surface area (Å²) in [6, 6.07) is 15.4. The van der Waals surface area contributed by atoms with Gasteiger partial charge in [-0.3, -0.25) is 0 Å². The van der Waals surface area contributed by atoms with E-state index in [2.05, 4.69) is 0 Å². The fourth-order valence-corrected chi connectivity index (χ4v) is 10.0. The second-order valence-corrected chi connectivity index (χ2v) is 15.3. The molecule has 1 N–H and O–H groups in total. The Labute approximate surface area is 293 Å². The SMILES string of the molecule is COCOC(C#N)(C#N)c1c(F)c(F)c(C(=O)O)c(C2=C3C=CC(=[N+]4CC(F)C4)C=C3P(=O)(c3ccccc3)c3cc(N4CC(F)C4)ccc32)c1F. The van der Waals surface area contributed by atoms with Crippen molar-refractivity contribution in [3.8, 4) is 12.1 Å². The molecule has 9 nitrogen and oxygen atoms in total. The van der Waals surface area contributed by atoms with Crippen molar-refractivity contribution in [2.24, 2.45) is 0 Å². The molecule has 0 radical (unpaired) electrons. The first kappa shape index (κ1) is 35.0. The molecule has 3 aliphatic heterocycles. The van der Waals surface area contributed by atoms with Crippen LogP contribution >= 0.6 is 7.14 Å². The van der Waals surface area contributed by atoms with Gasteiger partial charge in [0.2, 0.25) is 11.9 Å². The molecule has 1 unspecified atom stereocenters. The first-order valence-corrected chi connectivity index (χ1v) is 17.6. The van der Waals surface area contributed by atoms with Crippen LogP contribution in [0.1, 0.15) is 27.0 Å². The minimum absolute atomic E-state index is 0.0291. The molecule has 2 fully saturated rings. The van der Waals surface area contributed by atoms with Gasteiger partial charge in [0, 0.05) is 52.0 Å². The highest BCUT2D eigenvalue weighted by molar-refractivity contribution is 7.83. The van der Waals surface area contributed by atoms with Gasteiger partial charge >= 0.3 is 5.97 Å². The van der Waals surface area contributed by atoms with Crippen LogP contribution in [0.15, 0.2) is 77.6 Å². The molecule has 7 rings (SSSR count). The van der Waals surface area contributed by atoms with Crippen LogP contribution < -0.4 is 15.5 Å². The van der Waals surface area contributed by atoms with Gasteiger partial charge in [-0.25, -0.2) is 31.3 Å². The Bertz CT molecular complexity index is 2300. The Morgan fingerprint density at radius 2 is 1.71 bits per heavy atom. The number of methoxy groups -OCH3 is 1. The van der Waals surface area contributed by atoms with Crippen molar-refractivity contribution in [2.75, 3.05) is 45.0 Å². The van der Waals surface area contributed by atoms with Gasteiger partial charge in [-0.15, -0.1) is 0 Å². The smallest absolute Gasteiger partial charge is 0.339 e. The van der Waals surface area contributed by atoms with Crippen LogP contribution in [0.5, 0.6) is 0 Å². The normalized spacial score (nSPS) is 21.0. The van der Waals surface area contributed by atoms with E-state index in [-0.39, 0.29) is 53.5 Å². The molecule has 3 aromatic carbocycles. The Balaban J connectivity index is 1.63. The maximum atomic E-state index is 17.3. The lowest BCUT2D eigenvalue weighted by molar-refractivity contribution is -0.599. The number of benzene rings is 3. The molecule has 15 heteroatoms. The van der Waals surface area contributed by atoms with Crippen molar-refractivity contribution in [2.45, 2.75) is 17.9 Å². The molecule has 0 amide bonds. The third-order valence-electron chi connectivity index (χ3n) is 9.55. The number of halogens is 5. The summed E-state index contributed by atoms with van der Waals surface area (Å²) in [6.07, 6.45) is 2.22. The number of carboxylic acid groups (broad SMARTS) is 1. The summed E-state index contributed by atoms with van der Waals surface area (Å²) in [5, 5.41) is 30.8. The van der Waals surface area contributed by atoms with Crippen molar-refractivity contribution < 1.29 is 50.5 Å². The Morgan fingerprint density at radius 1 is 1.02 bits per heavy atom. The molecule has 264 valence electrons. The summed E-state index contributed by atoms with van der Waals surface area (Å²) in [4.78, 5) is 14.4. The van der Waals surface area contributed by atoms with Crippen LogP contribution in [0, 0.1) is 40.1 Å². The Hall–Kier alpha value is -5.40. The number of fused-ring (bicyclic) bond motifs is 2. The van der Waals surface area contributed by atoms with Gasteiger partial charge in [0.05, 0.1) is 18.7 Å². The molecular formula is C37H27F5N4O5P+.